The monoisotopic (exact) mass is 284 g/mol. The number of hydrogen-bond donors (Lipinski definition) is 1. The third-order valence-corrected chi connectivity index (χ3v) is 5.66. The summed E-state index contributed by atoms with van der Waals surface area (Å²) in [6, 6.07) is 10.8. The Morgan fingerprint density at radius 2 is 1.67 bits per heavy atom. The predicted molar refractivity (Wildman–Crippen MR) is 87.3 cm³/mol. The molecule has 3 fully saturated rings. The molecule has 2 heteroatoms. The van der Waals surface area contributed by atoms with E-state index in [1.54, 1.807) is 0 Å². The standard InChI is InChI=1S/C19H28N2/c1-2-14-3-5-15(6-4-14)12-21-13-18(16-7-8-16)20-11-19(21)17-9-10-17/h3-6,16-20H,2,7-13H2,1H3. The van der Waals surface area contributed by atoms with Gasteiger partial charge in [0, 0.05) is 31.7 Å². The smallest absolute Gasteiger partial charge is 0.0253 e. The molecule has 2 saturated carbocycles. The Bertz CT molecular complexity index is 473. The van der Waals surface area contributed by atoms with Gasteiger partial charge in [-0.3, -0.25) is 4.90 Å². The molecule has 0 radical (unpaired) electrons. The maximum absolute atomic E-state index is 3.84. The SMILES string of the molecule is CCc1ccc(CN2CC(C3CC3)NCC2C2CC2)cc1. The molecule has 1 aromatic rings. The minimum Gasteiger partial charge on any atom is -0.311 e. The highest BCUT2D eigenvalue weighted by Gasteiger charge is 2.42. The third kappa shape index (κ3) is 3.17. The van der Waals surface area contributed by atoms with Gasteiger partial charge in [0.15, 0.2) is 0 Å². The second-order valence-corrected chi connectivity index (χ2v) is 7.36. The lowest BCUT2D eigenvalue weighted by atomic mass is 10.0. The topological polar surface area (TPSA) is 15.3 Å². The fourth-order valence-corrected chi connectivity index (χ4v) is 3.91. The zero-order valence-electron chi connectivity index (χ0n) is 13.2. The maximum Gasteiger partial charge on any atom is 0.0253 e. The average molecular weight is 284 g/mol. The zero-order chi connectivity index (χ0) is 14.2. The first-order valence-electron chi connectivity index (χ1n) is 8.88. The first-order chi connectivity index (χ1) is 10.3. The van der Waals surface area contributed by atoms with Gasteiger partial charge < -0.3 is 5.32 Å². The number of nitrogens with one attached hydrogen (secondary N) is 1. The summed E-state index contributed by atoms with van der Waals surface area (Å²) in [5, 5.41) is 3.84. The fraction of sp³-hybridized carbons (Fsp3) is 0.684. The molecule has 114 valence electrons. The molecular formula is C19H28N2. The molecule has 2 aliphatic carbocycles. The van der Waals surface area contributed by atoms with Crippen molar-refractivity contribution < 1.29 is 0 Å². The average Bonchev–Trinajstić information content (AvgIpc) is 3.41. The van der Waals surface area contributed by atoms with Crippen molar-refractivity contribution in [2.75, 3.05) is 13.1 Å². The normalized spacial score (nSPS) is 30.5. The van der Waals surface area contributed by atoms with Crippen molar-refractivity contribution in [3.8, 4) is 0 Å². The van der Waals surface area contributed by atoms with Gasteiger partial charge in [0.25, 0.3) is 0 Å². The van der Waals surface area contributed by atoms with Crippen LogP contribution in [0.2, 0.25) is 0 Å². The van der Waals surface area contributed by atoms with Crippen molar-refractivity contribution in [2.45, 2.75) is 57.7 Å². The summed E-state index contributed by atoms with van der Waals surface area (Å²) in [5.74, 6) is 1.93. The van der Waals surface area contributed by atoms with Crippen LogP contribution in [0.5, 0.6) is 0 Å². The van der Waals surface area contributed by atoms with E-state index in [-0.39, 0.29) is 0 Å². The Kier molecular flexibility index (Phi) is 3.76. The number of aryl methyl sites for hydroxylation is 1. The first kappa shape index (κ1) is 13.8. The Balaban J connectivity index is 1.45. The summed E-state index contributed by atoms with van der Waals surface area (Å²) in [6.07, 6.45) is 6.94. The van der Waals surface area contributed by atoms with E-state index in [0.29, 0.717) is 0 Å². The molecule has 4 rings (SSSR count). The van der Waals surface area contributed by atoms with Crippen LogP contribution in [0.4, 0.5) is 0 Å². The van der Waals surface area contributed by atoms with Crippen molar-refractivity contribution in [2.24, 2.45) is 11.8 Å². The van der Waals surface area contributed by atoms with Crippen LogP contribution in [0.25, 0.3) is 0 Å². The van der Waals surface area contributed by atoms with Crippen LogP contribution in [-0.4, -0.2) is 30.1 Å². The molecule has 0 spiro atoms. The number of rotatable bonds is 5. The molecule has 2 atom stereocenters. The van der Waals surface area contributed by atoms with Crippen molar-refractivity contribution in [3.63, 3.8) is 0 Å². The van der Waals surface area contributed by atoms with Gasteiger partial charge in [0.05, 0.1) is 0 Å². The van der Waals surface area contributed by atoms with E-state index in [0.717, 1.165) is 36.9 Å². The Morgan fingerprint density at radius 3 is 2.29 bits per heavy atom. The van der Waals surface area contributed by atoms with Crippen molar-refractivity contribution in [3.05, 3.63) is 35.4 Å². The lowest BCUT2D eigenvalue weighted by Gasteiger charge is -2.41. The largest absolute Gasteiger partial charge is 0.311 e. The molecule has 3 aliphatic rings. The Labute approximate surface area is 128 Å². The van der Waals surface area contributed by atoms with Crippen LogP contribution in [0.15, 0.2) is 24.3 Å². The molecule has 1 N–H and O–H groups in total. The van der Waals surface area contributed by atoms with E-state index in [9.17, 15) is 0 Å². The van der Waals surface area contributed by atoms with Gasteiger partial charge in [0.2, 0.25) is 0 Å². The molecule has 1 aliphatic heterocycles. The highest BCUT2D eigenvalue weighted by molar-refractivity contribution is 5.22. The lowest BCUT2D eigenvalue weighted by molar-refractivity contribution is 0.100. The summed E-state index contributed by atoms with van der Waals surface area (Å²) >= 11 is 0. The van der Waals surface area contributed by atoms with E-state index >= 15 is 0 Å². The Morgan fingerprint density at radius 1 is 1.00 bits per heavy atom. The maximum atomic E-state index is 3.84. The van der Waals surface area contributed by atoms with E-state index in [4.69, 9.17) is 0 Å². The van der Waals surface area contributed by atoms with Gasteiger partial charge in [-0.15, -0.1) is 0 Å². The number of nitrogens with zero attached hydrogens (tertiary/aromatic N) is 1. The van der Waals surface area contributed by atoms with E-state index < -0.39 is 0 Å². The summed E-state index contributed by atoms with van der Waals surface area (Å²) in [7, 11) is 0. The Hall–Kier alpha value is -0.860. The minimum atomic E-state index is 0.759. The van der Waals surface area contributed by atoms with Crippen LogP contribution in [0.1, 0.15) is 43.7 Å². The van der Waals surface area contributed by atoms with Crippen molar-refractivity contribution in [1.82, 2.24) is 10.2 Å². The van der Waals surface area contributed by atoms with E-state index in [2.05, 4.69) is 41.4 Å². The predicted octanol–water partition coefficient (Wildman–Crippen LogP) is 3.21. The molecule has 2 nitrogen and oxygen atoms in total. The van der Waals surface area contributed by atoms with Crippen LogP contribution >= 0.6 is 0 Å². The van der Waals surface area contributed by atoms with Gasteiger partial charge in [0.1, 0.15) is 0 Å². The molecular weight excluding hydrogens is 256 g/mol. The quantitative estimate of drug-likeness (QED) is 0.893. The molecule has 21 heavy (non-hydrogen) atoms. The summed E-state index contributed by atoms with van der Waals surface area (Å²) in [4.78, 5) is 2.79. The number of piperazine rings is 1. The second-order valence-electron chi connectivity index (χ2n) is 7.36. The van der Waals surface area contributed by atoms with E-state index in [1.165, 1.54) is 49.9 Å². The third-order valence-electron chi connectivity index (χ3n) is 5.66. The molecule has 1 saturated heterocycles. The van der Waals surface area contributed by atoms with E-state index in [1.807, 2.05) is 0 Å². The zero-order valence-corrected chi connectivity index (χ0v) is 13.2. The molecule has 1 heterocycles. The minimum absolute atomic E-state index is 0.759. The van der Waals surface area contributed by atoms with Crippen molar-refractivity contribution >= 4 is 0 Å². The van der Waals surface area contributed by atoms with Gasteiger partial charge in [-0.1, -0.05) is 31.2 Å². The molecule has 2 unspecified atom stereocenters. The van der Waals surface area contributed by atoms with Crippen LogP contribution in [0, 0.1) is 11.8 Å². The lowest BCUT2D eigenvalue weighted by Crippen LogP contribution is -2.57. The highest BCUT2D eigenvalue weighted by Crippen LogP contribution is 2.40. The number of benzene rings is 1. The van der Waals surface area contributed by atoms with Crippen LogP contribution < -0.4 is 5.32 Å². The number of hydrogen-bond acceptors (Lipinski definition) is 2. The molecule has 0 aromatic heterocycles. The van der Waals surface area contributed by atoms with Gasteiger partial charge in [-0.05, 0) is 55.1 Å². The molecule has 0 bridgehead atoms. The fourth-order valence-electron chi connectivity index (χ4n) is 3.91. The van der Waals surface area contributed by atoms with Gasteiger partial charge in [-0.25, -0.2) is 0 Å². The second kappa shape index (κ2) is 5.73. The summed E-state index contributed by atoms with van der Waals surface area (Å²) in [6.45, 7) is 5.87. The van der Waals surface area contributed by atoms with Crippen molar-refractivity contribution in [1.29, 1.82) is 0 Å². The van der Waals surface area contributed by atoms with Gasteiger partial charge in [-0.2, -0.15) is 0 Å². The summed E-state index contributed by atoms with van der Waals surface area (Å²) in [5.41, 5.74) is 2.95. The highest BCUT2D eigenvalue weighted by atomic mass is 15.2. The summed E-state index contributed by atoms with van der Waals surface area (Å²) < 4.78 is 0. The van der Waals surface area contributed by atoms with Gasteiger partial charge >= 0.3 is 0 Å². The van der Waals surface area contributed by atoms with Crippen LogP contribution in [0.3, 0.4) is 0 Å². The molecule has 1 aromatic carbocycles. The van der Waals surface area contributed by atoms with Crippen LogP contribution in [-0.2, 0) is 13.0 Å². The molecule has 0 amide bonds. The first-order valence-corrected chi connectivity index (χ1v) is 8.88.